The van der Waals surface area contributed by atoms with Crippen molar-refractivity contribution in [3.8, 4) is 0 Å². The number of carbonyl (C=O) groups excluding carboxylic acids is 4. The molecule has 0 radical (unpaired) electrons. The Balaban J connectivity index is 1.98. The second kappa shape index (κ2) is 22.7. The summed E-state index contributed by atoms with van der Waals surface area (Å²) in [4.78, 5) is 52.3. The molecule has 58 heavy (non-hydrogen) atoms. The summed E-state index contributed by atoms with van der Waals surface area (Å²) in [5.41, 5.74) is -1.50. The number of methoxy groups -OCH3 is 1. The third kappa shape index (κ3) is 14.2. The van der Waals surface area contributed by atoms with Crippen LogP contribution in [0, 0.1) is 17.8 Å². The lowest BCUT2D eigenvalue weighted by Crippen LogP contribution is -2.66. The molecule has 0 aromatic rings. The molecule has 0 bridgehead atoms. The summed E-state index contributed by atoms with van der Waals surface area (Å²) in [5, 5.41) is 34.6. The van der Waals surface area contributed by atoms with Crippen LogP contribution in [0.25, 0.3) is 0 Å². The summed E-state index contributed by atoms with van der Waals surface area (Å²) >= 11 is 0. The summed E-state index contributed by atoms with van der Waals surface area (Å²) in [6.07, 6.45) is -4.11. The summed E-state index contributed by atoms with van der Waals surface area (Å²) in [5.74, 6) is -2.82. The van der Waals surface area contributed by atoms with Crippen LogP contribution in [0.4, 0.5) is 0 Å². The molecule has 3 aliphatic heterocycles. The van der Waals surface area contributed by atoms with E-state index in [0.29, 0.717) is 12.7 Å². The summed E-state index contributed by atoms with van der Waals surface area (Å²) in [6, 6.07) is -0.782. The minimum Gasteiger partial charge on any atom is -0.462 e. The second-order valence-corrected chi connectivity index (χ2v) is 17.0. The highest BCUT2D eigenvalue weighted by Gasteiger charge is 2.53. The Hall–Kier alpha value is -2.80. The largest absolute Gasteiger partial charge is 0.462 e. The smallest absolute Gasteiger partial charge is 0.309 e. The average Bonchev–Trinajstić information content (AvgIpc) is 3.09. The predicted octanol–water partition coefficient (Wildman–Crippen LogP) is 3.01. The summed E-state index contributed by atoms with van der Waals surface area (Å²) in [6.45, 7) is 13.5. The third-order valence-electron chi connectivity index (χ3n) is 10.9. The number of allylic oxidation sites excluding steroid dienone is 2. The van der Waals surface area contributed by atoms with Crippen molar-refractivity contribution in [3.63, 3.8) is 0 Å². The molecule has 2 fully saturated rings. The van der Waals surface area contributed by atoms with E-state index < -0.39 is 121 Å². The van der Waals surface area contributed by atoms with Crippen LogP contribution in [0.1, 0.15) is 93.9 Å². The van der Waals surface area contributed by atoms with Crippen LogP contribution in [-0.2, 0) is 57.1 Å². The van der Waals surface area contributed by atoms with Gasteiger partial charge in [-0.2, -0.15) is 0 Å². The fourth-order valence-corrected chi connectivity index (χ4v) is 8.08. The van der Waals surface area contributed by atoms with Crippen LogP contribution in [0.3, 0.4) is 0 Å². The van der Waals surface area contributed by atoms with Crippen LogP contribution in [0.5, 0.6) is 0 Å². The van der Waals surface area contributed by atoms with E-state index in [1.54, 1.807) is 71.0 Å². The Bertz CT molecular complexity index is 1390. The number of nitrogens with zero attached hydrogens (tertiary/aromatic N) is 1. The molecule has 2 saturated heterocycles. The number of aldehydes is 1. The summed E-state index contributed by atoms with van der Waals surface area (Å²) < 4.78 is 48.6. The molecule has 3 heterocycles. The molecule has 3 aliphatic rings. The van der Waals surface area contributed by atoms with E-state index in [2.05, 4.69) is 0 Å². The highest BCUT2D eigenvalue weighted by atomic mass is 16.7. The molecule has 3 N–H and O–H groups in total. The van der Waals surface area contributed by atoms with Crippen molar-refractivity contribution in [3.05, 3.63) is 24.3 Å². The molecule has 0 aromatic carbocycles. The zero-order valence-corrected chi connectivity index (χ0v) is 36.1. The molecule has 0 aliphatic carbocycles. The van der Waals surface area contributed by atoms with Gasteiger partial charge in [0.2, 0.25) is 0 Å². The van der Waals surface area contributed by atoms with Crippen molar-refractivity contribution < 1.29 is 72.4 Å². The van der Waals surface area contributed by atoms with Crippen LogP contribution >= 0.6 is 0 Å². The van der Waals surface area contributed by atoms with Gasteiger partial charge in [-0.05, 0) is 66.0 Å². The number of likely N-dealkylation sites (N-methyl/N-ethyl adjacent to an activating group) is 1. The number of aliphatic hydroxyl groups is 3. The topological polar surface area (TPSA) is 206 Å². The maximum atomic E-state index is 13.2. The minimum absolute atomic E-state index is 0.0460. The van der Waals surface area contributed by atoms with Gasteiger partial charge in [-0.3, -0.25) is 14.4 Å². The molecule has 0 spiro atoms. The van der Waals surface area contributed by atoms with Gasteiger partial charge in [0.05, 0.1) is 36.9 Å². The first-order chi connectivity index (χ1) is 27.2. The van der Waals surface area contributed by atoms with Gasteiger partial charge >= 0.3 is 17.9 Å². The SMILES string of the molecule is COC1C(OC(C)=O)CC(=O)OC(C)C/C=C\C=C\C(O)C(C)CC(CC=O)C1OC1OC(C)C(OC2CC(C)(O)C(OC(=O)CC(C)C)C(C)O2)C(N(C)C)C1O. The Morgan fingerprint density at radius 3 is 2.29 bits per heavy atom. The lowest BCUT2D eigenvalue weighted by Gasteiger charge is -2.50. The maximum absolute atomic E-state index is 13.2. The van der Waals surface area contributed by atoms with Crippen molar-refractivity contribution in [1.82, 2.24) is 4.90 Å². The van der Waals surface area contributed by atoms with Gasteiger partial charge < -0.3 is 62.9 Å². The van der Waals surface area contributed by atoms with Gasteiger partial charge in [0, 0.05) is 39.7 Å². The zero-order chi connectivity index (χ0) is 43.5. The number of hydrogen-bond donors (Lipinski definition) is 3. The number of ether oxygens (including phenoxy) is 8. The molecule has 16 heteroatoms. The van der Waals surface area contributed by atoms with E-state index in [4.69, 9.17) is 37.9 Å². The maximum Gasteiger partial charge on any atom is 0.309 e. The fraction of sp³-hybridized carbons (Fsp3) is 0.810. The molecule has 0 amide bonds. The van der Waals surface area contributed by atoms with E-state index in [-0.39, 0.29) is 31.6 Å². The zero-order valence-electron chi connectivity index (χ0n) is 36.1. The van der Waals surface area contributed by atoms with E-state index in [0.717, 1.165) is 0 Å². The molecule has 3 rings (SSSR count). The minimum atomic E-state index is -1.50. The van der Waals surface area contributed by atoms with Crippen LogP contribution in [0.15, 0.2) is 24.3 Å². The van der Waals surface area contributed by atoms with E-state index in [9.17, 15) is 34.5 Å². The first-order valence-electron chi connectivity index (χ1n) is 20.4. The molecule has 16 atom stereocenters. The molecular weight excluding hydrogens is 758 g/mol. The second-order valence-electron chi connectivity index (χ2n) is 17.0. The number of rotatable bonds is 12. The molecule has 16 unspecified atom stereocenters. The number of esters is 3. The summed E-state index contributed by atoms with van der Waals surface area (Å²) in [7, 11) is 4.86. The molecule has 0 aromatic heterocycles. The van der Waals surface area contributed by atoms with Crippen LogP contribution < -0.4 is 0 Å². The van der Waals surface area contributed by atoms with Crippen LogP contribution in [0.2, 0.25) is 0 Å². The predicted molar refractivity (Wildman–Crippen MR) is 210 cm³/mol. The van der Waals surface area contributed by atoms with Crippen molar-refractivity contribution in [1.29, 1.82) is 0 Å². The molecule has 332 valence electrons. The van der Waals surface area contributed by atoms with Crippen LogP contribution in [-0.4, -0.2) is 151 Å². The average molecular weight is 828 g/mol. The van der Waals surface area contributed by atoms with Gasteiger partial charge in [-0.1, -0.05) is 45.1 Å². The van der Waals surface area contributed by atoms with E-state index in [1.807, 2.05) is 20.8 Å². The van der Waals surface area contributed by atoms with E-state index in [1.165, 1.54) is 14.0 Å². The quantitative estimate of drug-likeness (QED) is 0.147. The van der Waals surface area contributed by atoms with Gasteiger partial charge in [0.1, 0.15) is 42.4 Å². The number of cyclic esters (lactones) is 1. The van der Waals surface area contributed by atoms with Gasteiger partial charge in [0.25, 0.3) is 0 Å². The monoisotopic (exact) mass is 827 g/mol. The number of carbonyl (C=O) groups is 4. The van der Waals surface area contributed by atoms with Gasteiger partial charge in [-0.25, -0.2) is 0 Å². The Morgan fingerprint density at radius 2 is 1.71 bits per heavy atom. The number of aliphatic hydroxyl groups excluding tert-OH is 2. The number of hydrogen-bond acceptors (Lipinski definition) is 16. The first kappa shape index (κ1) is 49.6. The Kier molecular flexibility index (Phi) is 19.4. The van der Waals surface area contributed by atoms with Gasteiger partial charge in [-0.15, -0.1) is 0 Å². The van der Waals surface area contributed by atoms with Crippen molar-refractivity contribution >= 4 is 24.2 Å². The standard InChI is InChI=1S/C42H69NO15/c1-23(2)19-32(47)56-40-27(6)53-34(22-42(40,8)50)57-37-26(5)54-41(36(49)35(37)43(9)10)58-38-29(17-18-44)20-24(3)30(46)16-14-12-13-15-25(4)52-33(48)21-31(39(38)51-11)55-28(7)45/h12-14,16,18,23-27,29-31,34-41,46,49-50H,15,17,19-22H2,1-11H3/b13-12-,16-14+. The lowest BCUT2D eigenvalue weighted by atomic mass is 9.82. The highest BCUT2D eigenvalue weighted by molar-refractivity contribution is 5.72. The van der Waals surface area contributed by atoms with Crippen molar-refractivity contribution in [2.45, 2.75) is 179 Å². The van der Waals surface area contributed by atoms with E-state index >= 15 is 0 Å². The first-order valence-corrected chi connectivity index (χ1v) is 20.4. The molecule has 0 saturated carbocycles. The molecular formula is C42H69NO15. The Morgan fingerprint density at radius 1 is 1.02 bits per heavy atom. The Labute approximate surface area is 343 Å². The van der Waals surface area contributed by atoms with Gasteiger partial charge in [0.15, 0.2) is 18.7 Å². The van der Waals surface area contributed by atoms with Crippen molar-refractivity contribution in [2.24, 2.45) is 17.8 Å². The normalized spacial score (nSPS) is 40.7. The molecule has 16 nitrogen and oxygen atoms in total. The fourth-order valence-electron chi connectivity index (χ4n) is 8.08. The lowest BCUT2D eigenvalue weighted by molar-refractivity contribution is -0.344. The van der Waals surface area contributed by atoms with Crippen molar-refractivity contribution in [2.75, 3.05) is 21.2 Å². The highest BCUT2D eigenvalue weighted by Crippen LogP contribution is 2.38. The third-order valence-corrected chi connectivity index (χ3v) is 10.9.